The maximum Gasteiger partial charge on any atom is 0.305 e. The van der Waals surface area contributed by atoms with Gasteiger partial charge in [-0.2, -0.15) is 0 Å². The Balaban J connectivity index is 1.18. The van der Waals surface area contributed by atoms with Crippen molar-refractivity contribution in [3.05, 3.63) is 173 Å². The van der Waals surface area contributed by atoms with Gasteiger partial charge in [-0.3, -0.25) is 9.59 Å². The summed E-state index contributed by atoms with van der Waals surface area (Å²) in [6, 6.07) is 47.4. The molecule has 2 N–H and O–H groups in total. The summed E-state index contributed by atoms with van der Waals surface area (Å²) in [5.74, 6) is 0.337. The Bertz CT molecular complexity index is 2000. The number of carboxylic acids is 1. The molecule has 6 rings (SSSR count). The Kier molecular flexibility index (Phi) is 10.3. The average molecular weight is 699 g/mol. The fraction of sp³-hybridized carbons (Fsp3) is 0.0732. The van der Waals surface area contributed by atoms with Gasteiger partial charge in [0.1, 0.15) is 23.9 Å². The Morgan fingerprint density at radius 1 is 0.667 bits per heavy atom. The van der Waals surface area contributed by atoms with Crippen LogP contribution < -0.4 is 14.8 Å². The van der Waals surface area contributed by atoms with Crippen molar-refractivity contribution in [3.63, 3.8) is 0 Å². The van der Waals surface area contributed by atoms with Crippen LogP contribution in [0.2, 0.25) is 0 Å². The highest BCUT2D eigenvalue weighted by Crippen LogP contribution is 2.34. The maximum absolute atomic E-state index is 13.7. The molecule has 6 nitrogen and oxygen atoms in total. The second-order valence-electron chi connectivity index (χ2n) is 11.1. The number of rotatable bonds is 12. The summed E-state index contributed by atoms with van der Waals surface area (Å²) in [6.45, 7) is 0.256. The van der Waals surface area contributed by atoms with Gasteiger partial charge in [-0.05, 0) is 64.2 Å². The highest BCUT2D eigenvalue weighted by Gasteiger charge is 2.22. The first-order valence-electron chi connectivity index (χ1n) is 15.4. The zero-order valence-corrected chi connectivity index (χ0v) is 27.5. The third-order valence-corrected chi connectivity index (χ3v) is 8.30. The van der Waals surface area contributed by atoms with Gasteiger partial charge >= 0.3 is 5.97 Å². The molecule has 0 aliphatic rings. The molecule has 0 aliphatic carbocycles. The normalized spacial score (nSPS) is 11.4. The molecular formula is C41H32BrNO5. The first-order valence-corrected chi connectivity index (χ1v) is 16.2. The zero-order chi connectivity index (χ0) is 33.3. The number of hydrogen-bond acceptors (Lipinski definition) is 4. The monoisotopic (exact) mass is 697 g/mol. The van der Waals surface area contributed by atoms with Gasteiger partial charge in [-0.25, -0.2) is 0 Å². The van der Waals surface area contributed by atoms with Gasteiger partial charge < -0.3 is 19.9 Å². The number of para-hydroxylation sites is 2. The molecule has 48 heavy (non-hydrogen) atoms. The van der Waals surface area contributed by atoms with E-state index in [0.717, 1.165) is 33.6 Å². The van der Waals surface area contributed by atoms with Crippen molar-refractivity contribution < 1.29 is 24.2 Å². The summed E-state index contributed by atoms with van der Waals surface area (Å²) in [5, 5.41) is 12.7. The number of benzene rings is 6. The molecule has 7 heteroatoms. The molecule has 0 saturated carbocycles. The van der Waals surface area contributed by atoms with Crippen LogP contribution in [0.3, 0.4) is 0 Å². The SMILES string of the molecule is O=C(O)CC(NC(=O)c1cc(Br)ccc1OCc1ccc(-c2ccccc2)cc1)c1ccc(-c2ccccc2Oc2ccccc2)cc1. The summed E-state index contributed by atoms with van der Waals surface area (Å²) in [6.07, 6.45) is -0.295. The summed E-state index contributed by atoms with van der Waals surface area (Å²) in [5.41, 5.74) is 5.91. The van der Waals surface area contributed by atoms with Crippen LogP contribution in [0, 0.1) is 0 Å². The van der Waals surface area contributed by atoms with Crippen LogP contribution in [0.25, 0.3) is 22.3 Å². The maximum atomic E-state index is 13.7. The lowest BCUT2D eigenvalue weighted by Gasteiger charge is -2.20. The molecule has 1 amide bonds. The van der Waals surface area contributed by atoms with Crippen LogP contribution in [0.1, 0.15) is 33.9 Å². The largest absolute Gasteiger partial charge is 0.488 e. The van der Waals surface area contributed by atoms with Gasteiger partial charge in [0, 0.05) is 10.0 Å². The van der Waals surface area contributed by atoms with Crippen molar-refractivity contribution in [1.29, 1.82) is 0 Å². The predicted octanol–water partition coefficient (Wildman–Crippen LogP) is 10.1. The van der Waals surface area contributed by atoms with Crippen LogP contribution >= 0.6 is 15.9 Å². The minimum atomic E-state index is -1.03. The second-order valence-corrected chi connectivity index (χ2v) is 12.1. The van der Waals surface area contributed by atoms with Gasteiger partial charge in [-0.15, -0.1) is 0 Å². The van der Waals surface area contributed by atoms with Gasteiger partial charge in [0.25, 0.3) is 5.91 Å². The third kappa shape index (κ3) is 8.18. The molecule has 0 spiro atoms. The van der Waals surface area contributed by atoms with Crippen molar-refractivity contribution >= 4 is 27.8 Å². The molecule has 6 aromatic rings. The summed E-state index contributed by atoms with van der Waals surface area (Å²) < 4.78 is 13.0. The van der Waals surface area contributed by atoms with Gasteiger partial charge in [0.05, 0.1) is 18.0 Å². The highest BCUT2D eigenvalue weighted by atomic mass is 79.9. The number of carbonyl (C=O) groups excluding carboxylic acids is 1. The van der Waals surface area contributed by atoms with Crippen LogP contribution in [0.5, 0.6) is 17.2 Å². The first kappa shape index (κ1) is 32.3. The molecule has 0 bridgehead atoms. The summed E-state index contributed by atoms with van der Waals surface area (Å²) in [7, 11) is 0. The van der Waals surface area contributed by atoms with E-state index in [0.29, 0.717) is 27.1 Å². The van der Waals surface area contributed by atoms with E-state index in [1.165, 1.54) is 0 Å². The number of carboxylic acid groups (broad SMARTS) is 1. The Morgan fingerprint density at radius 3 is 2.00 bits per heavy atom. The van der Waals surface area contributed by atoms with E-state index in [4.69, 9.17) is 9.47 Å². The number of nitrogens with one attached hydrogen (secondary N) is 1. The molecule has 0 aliphatic heterocycles. The summed E-state index contributed by atoms with van der Waals surface area (Å²) >= 11 is 3.46. The lowest BCUT2D eigenvalue weighted by atomic mass is 9.98. The predicted molar refractivity (Wildman–Crippen MR) is 191 cm³/mol. The fourth-order valence-corrected chi connectivity index (χ4v) is 5.72. The van der Waals surface area contributed by atoms with E-state index in [1.54, 1.807) is 18.2 Å². The van der Waals surface area contributed by atoms with Crippen LogP contribution in [-0.4, -0.2) is 17.0 Å². The molecule has 0 heterocycles. The number of carbonyl (C=O) groups is 2. The lowest BCUT2D eigenvalue weighted by molar-refractivity contribution is -0.137. The average Bonchev–Trinajstić information content (AvgIpc) is 3.12. The first-order chi connectivity index (χ1) is 23.4. The van der Waals surface area contributed by atoms with Crippen molar-refractivity contribution in [2.75, 3.05) is 0 Å². The Hall–Kier alpha value is -5.66. The van der Waals surface area contributed by atoms with E-state index in [9.17, 15) is 14.7 Å². The molecule has 0 fully saturated rings. The van der Waals surface area contributed by atoms with Crippen molar-refractivity contribution in [1.82, 2.24) is 5.32 Å². The van der Waals surface area contributed by atoms with E-state index in [1.807, 2.05) is 121 Å². The summed E-state index contributed by atoms with van der Waals surface area (Å²) in [4.78, 5) is 25.6. The highest BCUT2D eigenvalue weighted by molar-refractivity contribution is 9.10. The molecular weight excluding hydrogens is 666 g/mol. The van der Waals surface area contributed by atoms with E-state index in [-0.39, 0.29) is 13.0 Å². The quantitative estimate of drug-likeness (QED) is 0.133. The lowest BCUT2D eigenvalue weighted by Crippen LogP contribution is -2.30. The minimum absolute atomic E-state index is 0.256. The topological polar surface area (TPSA) is 84.9 Å². The van der Waals surface area contributed by atoms with E-state index in [2.05, 4.69) is 33.4 Å². The zero-order valence-electron chi connectivity index (χ0n) is 25.9. The van der Waals surface area contributed by atoms with Crippen molar-refractivity contribution in [3.8, 4) is 39.5 Å². The standard InChI is InChI=1S/C41H32BrNO5/c42-33-23-24-38(47-27-28-15-17-30(18-16-28)29-9-3-1-4-10-29)36(25-33)41(46)43-37(26-40(44)45)32-21-19-31(20-22-32)35-13-7-8-14-39(35)48-34-11-5-2-6-12-34/h1-25,37H,26-27H2,(H,43,46)(H,44,45). The molecule has 1 unspecified atom stereocenters. The number of hydrogen-bond donors (Lipinski definition) is 2. The third-order valence-electron chi connectivity index (χ3n) is 7.81. The number of ether oxygens (including phenoxy) is 2. The van der Waals surface area contributed by atoms with Crippen LogP contribution in [0.15, 0.2) is 156 Å². The van der Waals surface area contributed by atoms with Crippen molar-refractivity contribution in [2.24, 2.45) is 0 Å². The smallest absolute Gasteiger partial charge is 0.305 e. The Labute approximate surface area is 287 Å². The molecule has 1 atom stereocenters. The van der Waals surface area contributed by atoms with Gasteiger partial charge in [0.2, 0.25) is 0 Å². The van der Waals surface area contributed by atoms with Gasteiger partial charge in [-0.1, -0.05) is 131 Å². The van der Waals surface area contributed by atoms with Gasteiger partial charge in [0.15, 0.2) is 0 Å². The second kappa shape index (κ2) is 15.3. The molecule has 6 aromatic carbocycles. The van der Waals surface area contributed by atoms with Crippen LogP contribution in [0.4, 0.5) is 0 Å². The van der Waals surface area contributed by atoms with E-state index < -0.39 is 17.9 Å². The minimum Gasteiger partial charge on any atom is -0.488 e. The fourth-order valence-electron chi connectivity index (χ4n) is 5.36. The number of amides is 1. The molecule has 0 saturated heterocycles. The number of aliphatic carboxylic acids is 1. The van der Waals surface area contributed by atoms with Crippen molar-refractivity contribution in [2.45, 2.75) is 19.1 Å². The molecule has 0 radical (unpaired) electrons. The number of halogens is 1. The van der Waals surface area contributed by atoms with E-state index >= 15 is 0 Å². The molecule has 238 valence electrons. The van der Waals surface area contributed by atoms with Crippen LogP contribution in [-0.2, 0) is 11.4 Å². The molecule has 0 aromatic heterocycles. The Morgan fingerprint density at radius 2 is 1.29 bits per heavy atom.